The molecule has 3 heterocycles. The van der Waals surface area contributed by atoms with Crippen molar-refractivity contribution >= 4 is 11.6 Å². The second-order valence-corrected chi connectivity index (χ2v) is 10.5. The van der Waals surface area contributed by atoms with Crippen molar-refractivity contribution in [3.8, 4) is 6.07 Å². The highest BCUT2D eigenvalue weighted by Gasteiger charge is 2.44. The summed E-state index contributed by atoms with van der Waals surface area (Å²) in [5.41, 5.74) is -0.854. The lowest BCUT2D eigenvalue weighted by atomic mass is 9.77. The Labute approximate surface area is 204 Å². The number of piperidine rings is 1. The molecule has 1 aliphatic carbocycles. The number of carbonyl (C=O) groups is 1. The van der Waals surface area contributed by atoms with Gasteiger partial charge in [0, 0.05) is 44.1 Å². The predicted octanol–water partition coefficient (Wildman–Crippen LogP) is 3.80. The first kappa shape index (κ1) is 24.4. The van der Waals surface area contributed by atoms with E-state index in [0.717, 1.165) is 70.9 Å². The van der Waals surface area contributed by atoms with Gasteiger partial charge >= 0.3 is 6.18 Å². The van der Waals surface area contributed by atoms with Crippen LogP contribution in [-0.4, -0.2) is 62.3 Å². The fourth-order valence-electron chi connectivity index (χ4n) is 6.15. The van der Waals surface area contributed by atoms with Gasteiger partial charge in [0.15, 0.2) is 0 Å². The third-order valence-corrected chi connectivity index (χ3v) is 8.31. The number of rotatable bonds is 5. The zero-order valence-electron chi connectivity index (χ0n) is 19.9. The van der Waals surface area contributed by atoms with Crippen LogP contribution in [-0.2, 0) is 15.7 Å². The molecule has 1 N–H and O–H groups in total. The second kappa shape index (κ2) is 9.98. The number of nitrogens with zero attached hydrogens (tertiary/aromatic N) is 3. The van der Waals surface area contributed by atoms with Crippen molar-refractivity contribution in [1.82, 2.24) is 10.2 Å². The van der Waals surface area contributed by atoms with E-state index in [4.69, 9.17) is 10.00 Å². The molecule has 0 unspecified atom stereocenters. The highest BCUT2D eigenvalue weighted by atomic mass is 19.4. The third-order valence-electron chi connectivity index (χ3n) is 8.31. The number of ether oxygens (including phenoxy) is 1. The van der Waals surface area contributed by atoms with Crippen LogP contribution in [0.5, 0.6) is 0 Å². The fourth-order valence-corrected chi connectivity index (χ4v) is 6.15. The van der Waals surface area contributed by atoms with Crippen molar-refractivity contribution in [3.63, 3.8) is 0 Å². The SMILES string of the molecule is N#Cc1ccc(N2C[C@@H](C(=O)NC3CC3)[C@H](C3CCN(C4CCOCC4)CC3)C2)cc1C(F)(F)F. The van der Waals surface area contributed by atoms with Crippen LogP contribution < -0.4 is 10.2 Å². The summed E-state index contributed by atoms with van der Waals surface area (Å²) in [7, 11) is 0. The summed E-state index contributed by atoms with van der Waals surface area (Å²) < 4.78 is 46.2. The molecule has 4 fully saturated rings. The predicted molar refractivity (Wildman–Crippen MR) is 125 cm³/mol. The zero-order valence-corrected chi connectivity index (χ0v) is 19.9. The second-order valence-electron chi connectivity index (χ2n) is 10.5. The molecule has 9 heteroatoms. The molecule has 0 radical (unpaired) electrons. The van der Waals surface area contributed by atoms with Crippen LogP contribution in [0.1, 0.15) is 49.7 Å². The molecule has 35 heavy (non-hydrogen) atoms. The van der Waals surface area contributed by atoms with Crippen LogP contribution in [0, 0.1) is 29.1 Å². The Hall–Kier alpha value is -2.31. The first-order valence-corrected chi connectivity index (χ1v) is 12.8. The number of nitriles is 1. The molecule has 1 aromatic carbocycles. The van der Waals surface area contributed by atoms with Crippen molar-refractivity contribution in [1.29, 1.82) is 5.26 Å². The summed E-state index contributed by atoms with van der Waals surface area (Å²) in [5, 5.41) is 12.3. The minimum absolute atomic E-state index is 0.0385. The van der Waals surface area contributed by atoms with Crippen LogP contribution >= 0.6 is 0 Å². The van der Waals surface area contributed by atoms with Gasteiger partial charge in [0.2, 0.25) is 5.91 Å². The van der Waals surface area contributed by atoms with E-state index in [1.54, 1.807) is 12.1 Å². The lowest BCUT2D eigenvalue weighted by Crippen LogP contribution is -2.46. The van der Waals surface area contributed by atoms with Crippen LogP contribution in [0.4, 0.5) is 18.9 Å². The van der Waals surface area contributed by atoms with Crippen molar-refractivity contribution in [3.05, 3.63) is 29.3 Å². The quantitative estimate of drug-likeness (QED) is 0.680. The number of hydrogen-bond acceptors (Lipinski definition) is 5. The minimum Gasteiger partial charge on any atom is -0.381 e. The first-order valence-electron chi connectivity index (χ1n) is 12.8. The van der Waals surface area contributed by atoms with Gasteiger partial charge in [-0.3, -0.25) is 4.79 Å². The molecule has 6 nitrogen and oxygen atoms in total. The highest BCUT2D eigenvalue weighted by Crippen LogP contribution is 2.41. The number of halogens is 3. The molecule has 0 spiro atoms. The molecule has 0 bridgehead atoms. The van der Waals surface area contributed by atoms with E-state index in [-0.39, 0.29) is 29.3 Å². The van der Waals surface area contributed by atoms with Crippen molar-refractivity contribution in [2.75, 3.05) is 44.3 Å². The number of carbonyl (C=O) groups excluding carboxylic acids is 1. The summed E-state index contributed by atoms with van der Waals surface area (Å²) in [6.45, 7) is 4.60. The zero-order chi connectivity index (χ0) is 24.6. The molecule has 1 aromatic rings. The van der Waals surface area contributed by atoms with Crippen molar-refractivity contribution in [2.24, 2.45) is 17.8 Å². The summed E-state index contributed by atoms with van der Waals surface area (Å²) >= 11 is 0. The maximum Gasteiger partial charge on any atom is 0.417 e. The largest absolute Gasteiger partial charge is 0.417 e. The van der Waals surface area contributed by atoms with E-state index in [2.05, 4.69) is 10.2 Å². The Morgan fingerprint density at radius 3 is 2.40 bits per heavy atom. The average Bonchev–Trinajstić information content (AvgIpc) is 3.57. The number of nitrogens with one attached hydrogen (secondary N) is 1. The topological polar surface area (TPSA) is 68.6 Å². The van der Waals surface area contributed by atoms with E-state index < -0.39 is 11.7 Å². The Morgan fingerprint density at radius 1 is 1.06 bits per heavy atom. The van der Waals surface area contributed by atoms with Gasteiger partial charge in [0.25, 0.3) is 0 Å². The van der Waals surface area contributed by atoms with E-state index in [9.17, 15) is 18.0 Å². The Morgan fingerprint density at radius 2 is 1.77 bits per heavy atom. The summed E-state index contributed by atoms with van der Waals surface area (Å²) in [4.78, 5) is 17.7. The van der Waals surface area contributed by atoms with E-state index in [1.807, 2.05) is 4.90 Å². The number of anilines is 1. The summed E-state index contributed by atoms with van der Waals surface area (Å²) in [5.74, 6) is 0.277. The fraction of sp³-hybridized carbons (Fsp3) is 0.692. The maximum absolute atomic E-state index is 13.6. The van der Waals surface area contributed by atoms with Crippen LogP contribution in [0.3, 0.4) is 0 Å². The number of likely N-dealkylation sites (tertiary alicyclic amines) is 1. The molecule has 1 saturated carbocycles. The molecular formula is C26H33F3N4O2. The molecule has 3 saturated heterocycles. The van der Waals surface area contributed by atoms with Crippen molar-refractivity contribution in [2.45, 2.75) is 56.8 Å². The standard InChI is InChI=1S/C26H33F3N4O2/c27-26(28,29)24-13-21(4-1-18(24)14-30)33-15-22(23(16-33)25(34)31-19-2-3-19)17-5-9-32(10-6-17)20-7-11-35-12-8-20/h1,4,13,17,19-20,22-23H,2-3,5-12,15-16H2,(H,31,34)/t22-,23+/m0/s1. The van der Waals surface area contributed by atoms with Gasteiger partial charge in [-0.25, -0.2) is 0 Å². The molecule has 3 aliphatic heterocycles. The average molecular weight is 491 g/mol. The third kappa shape index (κ3) is 5.44. The number of amides is 1. The maximum atomic E-state index is 13.6. The van der Waals surface area contributed by atoms with Crippen LogP contribution in [0.15, 0.2) is 18.2 Å². The number of hydrogen-bond donors (Lipinski definition) is 1. The molecule has 4 aliphatic rings. The minimum atomic E-state index is -4.60. The number of benzene rings is 1. The van der Waals surface area contributed by atoms with E-state index >= 15 is 0 Å². The van der Waals surface area contributed by atoms with Gasteiger partial charge in [-0.2, -0.15) is 18.4 Å². The molecular weight excluding hydrogens is 457 g/mol. The van der Waals surface area contributed by atoms with Gasteiger partial charge in [-0.05, 0) is 81.6 Å². The highest BCUT2D eigenvalue weighted by molar-refractivity contribution is 5.81. The normalized spacial score (nSPS) is 27.1. The summed E-state index contributed by atoms with van der Waals surface area (Å²) in [6.07, 6.45) is 1.54. The number of alkyl halides is 3. The lowest BCUT2D eigenvalue weighted by Gasteiger charge is -2.41. The molecule has 1 amide bonds. The monoisotopic (exact) mass is 490 g/mol. The van der Waals surface area contributed by atoms with Crippen LogP contribution in [0.25, 0.3) is 0 Å². The lowest BCUT2D eigenvalue weighted by molar-refractivity contribution is -0.137. The van der Waals surface area contributed by atoms with Gasteiger partial charge in [0.05, 0.1) is 23.1 Å². The molecule has 0 aromatic heterocycles. The first-order chi connectivity index (χ1) is 16.8. The van der Waals surface area contributed by atoms with Crippen molar-refractivity contribution < 1.29 is 22.7 Å². The molecule has 5 rings (SSSR count). The summed E-state index contributed by atoms with van der Waals surface area (Å²) in [6, 6.07) is 6.37. The van der Waals surface area contributed by atoms with Gasteiger partial charge in [-0.15, -0.1) is 0 Å². The van der Waals surface area contributed by atoms with Gasteiger partial charge in [0.1, 0.15) is 0 Å². The van der Waals surface area contributed by atoms with Gasteiger partial charge in [-0.1, -0.05) is 0 Å². The van der Waals surface area contributed by atoms with Crippen LogP contribution in [0.2, 0.25) is 0 Å². The van der Waals surface area contributed by atoms with E-state index in [0.29, 0.717) is 30.7 Å². The molecule has 190 valence electrons. The van der Waals surface area contributed by atoms with Gasteiger partial charge < -0.3 is 19.9 Å². The molecule has 2 atom stereocenters. The smallest absolute Gasteiger partial charge is 0.381 e. The Kier molecular flexibility index (Phi) is 6.95. The Balaban J connectivity index is 1.32. The van der Waals surface area contributed by atoms with E-state index in [1.165, 1.54) is 6.07 Å². The Bertz CT molecular complexity index is 960.